The average molecular weight is 278 g/mol. The van der Waals surface area contributed by atoms with Gasteiger partial charge in [0.2, 0.25) is 0 Å². The van der Waals surface area contributed by atoms with Gasteiger partial charge in [0.1, 0.15) is 18.0 Å². The third-order valence-corrected chi connectivity index (χ3v) is 2.94. The van der Waals surface area contributed by atoms with E-state index in [1.807, 2.05) is 13.8 Å². The number of rotatable bonds is 4. The van der Waals surface area contributed by atoms with Gasteiger partial charge in [0.15, 0.2) is 11.6 Å². The molecule has 106 valence electrons. The summed E-state index contributed by atoms with van der Waals surface area (Å²) in [5.74, 6) is -0.540. The molecule has 0 spiro atoms. The lowest BCUT2D eigenvalue weighted by Crippen LogP contribution is -2.09. The first-order valence-corrected chi connectivity index (χ1v) is 6.27. The molecule has 0 amide bonds. The van der Waals surface area contributed by atoms with Crippen molar-refractivity contribution in [2.45, 2.75) is 26.3 Å². The number of benzene rings is 1. The molecule has 4 nitrogen and oxygen atoms in total. The van der Waals surface area contributed by atoms with E-state index in [0.29, 0.717) is 23.7 Å². The Morgan fingerprint density at radius 1 is 1.20 bits per heavy atom. The fourth-order valence-electron chi connectivity index (χ4n) is 1.95. The summed E-state index contributed by atoms with van der Waals surface area (Å²) in [4.78, 5) is 8.10. The monoisotopic (exact) mass is 278 g/mol. The van der Waals surface area contributed by atoms with Crippen LogP contribution < -0.4 is 11.1 Å². The minimum absolute atomic E-state index is 0.156. The molecule has 0 saturated heterocycles. The summed E-state index contributed by atoms with van der Waals surface area (Å²) in [5.41, 5.74) is 7.27. The van der Waals surface area contributed by atoms with Crippen LogP contribution >= 0.6 is 0 Å². The summed E-state index contributed by atoms with van der Waals surface area (Å²) in [5, 5.41) is 3.08. The first-order valence-electron chi connectivity index (χ1n) is 6.27. The van der Waals surface area contributed by atoms with Crippen LogP contribution in [0.15, 0.2) is 24.5 Å². The van der Waals surface area contributed by atoms with Crippen LogP contribution in [0.3, 0.4) is 0 Å². The number of nitrogens with two attached hydrogens (primary N) is 1. The van der Waals surface area contributed by atoms with Gasteiger partial charge in [0, 0.05) is 12.1 Å². The zero-order valence-electron chi connectivity index (χ0n) is 11.3. The van der Waals surface area contributed by atoms with E-state index in [2.05, 4.69) is 15.3 Å². The molecule has 0 aliphatic carbocycles. The summed E-state index contributed by atoms with van der Waals surface area (Å²) >= 11 is 0. The molecule has 6 heteroatoms. The highest BCUT2D eigenvalue weighted by Gasteiger charge is 2.12. The van der Waals surface area contributed by atoms with Crippen molar-refractivity contribution in [3.63, 3.8) is 0 Å². The van der Waals surface area contributed by atoms with Crippen LogP contribution in [0.25, 0.3) is 0 Å². The van der Waals surface area contributed by atoms with Crippen molar-refractivity contribution in [1.82, 2.24) is 9.97 Å². The maximum atomic E-state index is 13.1. The smallest absolute Gasteiger partial charge is 0.159 e. The van der Waals surface area contributed by atoms with Crippen molar-refractivity contribution in [3.05, 3.63) is 47.3 Å². The number of aromatic nitrogens is 2. The first kappa shape index (κ1) is 14.2. The summed E-state index contributed by atoms with van der Waals surface area (Å²) in [6, 6.07) is 3.77. The Bertz CT molecular complexity index is 614. The summed E-state index contributed by atoms with van der Waals surface area (Å²) < 4.78 is 26.0. The molecule has 1 aromatic carbocycles. The summed E-state index contributed by atoms with van der Waals surface area (Å²) in [6.07, 6.45) is 1.37. The average Bonchev–Trinajstić information content (AvgIpc) is 2.39. The molecule has 0 saturated carbocycles. The van der Waals surface area contributed by atoms with Crippen LogP contribution in [0, 0.1) is 11.6 Å². The second kappa shape index (κ2) is 5.81. The topological polar surface area (TPSA) is 63.8 Å². The number of halogens is 2. The molecular formula is C14H16F2N4. The van der Waals surface area contributed by atoms with Gasteiger partial charge in [-0.2, -0.15) is 0 Å². The van der Waals surface area contributed by atoms with Crippen molar-refractivity contribution >= 4 is 11.6 Å². The van der Waals surface area contributed by atoms with Gasteiger partial charge < -0.3 is 11.1 Å². The lowest BCUT2D eigenvalue weighted by Gasteiger charge is -2.15. The third-order valence-electron chi connectivity index (χ3n) is 2.94. The normalized spacial score (nSPS) is 10.8. The summed E-state index contributed by atoms with van der Waals surface area (Å²) in [7, 11) is 0. The van der Waals surface area contributed by atoms with E-state index in [1.165, 1.54) is 12.4 Å². The predicted octanol–water partition coefficient (Wildman–Crippen LogP) is 3.07. The largest absolute Gasteiger partial charge is 0.383 e. The maximum Gasteiger partial charge on any atom is 0.159 e. The number of nitrogens with one attached hydrogen (secondary N) is 1. The van der Waals surface area contributed by atoms with Gasteiger partial charge in [-0.15, -0.1) is 0 Å². The molecule has 20 heavy (non-hydrogen) atoms. The Kier molecular flexibility index (Phi) is 4.12. The van der Waals surface area contributed by atoms with Crippen molar-refractivity contribution in [2.24, 2.45) is 0 Å². The Hall–Kier alpha value is -2.24. The van der Waals surface area contributed by atoms with Crippen LogP contribution in [0.5, 0.6) is 0 Å². The van der Waals surface area contributed by atoms with Crippen molar-refractivity contribution in [1.29, 1.82) is 0 Å². The molecule has 0 atom stereocenters. The highest BCUT2D eigenvalue weighted by molar-refractivity contribution is 5.56. The SMILES string of the molecule is CC(C)c1c(N)ncnc1NCc1ccc(F)c(F)c1. The van der Waals surface area contributed by atoms with Crippen LogP contribution in [0.2, 0.25) is 0 Å². The molecule has 0 unspecified atom stereocenters. The van der Waals surface area contributed by atoms with Gasteiger partial charge in [-0.3, -0.25) is 0 Å². The van der Waals surface area contributed by atoms with Crippen LogP contribution in [-0.2, 0) is 6.54 Å². The number of nitrogens with zero attached hydrogens (tertiary/aromatic N) is 2. The molecule has 0 fully saturated rings. The third kappa shape index (κ3) is 3.01. The minimum atomic E-state index is -0.865. The Labute approximate surface area is 116 Å². The molecule has 0 aliphatic heterocycles. The molecule has 1 aromatic heterocycles. The molecule has 0 aliphatic rings. The number of nitrogen functional groups attached to an aromatic ring is 1. The molecule has 0 bridgehead atoms. The highest BCUT2D eigenvalue weighted by atomic mass is 19.2. The zero-order valence-corrected chi connectivity index (χ0v) is 11.3. The van der Waals surface area contributed by atoms with Crippen LogP contribution in [0.4, 0.5) is 20.4 Å². The Morgan fingerprint density at radius 3 is 2.60 bits per heavy atom. The van der Waals surface area contributed by atoms with Crippen LogP contribution in [-0.4, -0.2) is 9.97 Å². The van der Waals surface area contributed by atoms with Gasteiger partial charge in [0.25, 0.3) is 0 Å². The Balaban J connectivity index is 2.18. The minimum Gasteiger partial charge on any atom is -0.383 e. The van der Waals surface area contributed by atoms with E-state index in [9.17, 15) is 8.78 Å². The lowest BCUT2D eigenvalue weighted by molar-refractivity contribution is 0.507. The van der Waals surface area contributed by atoms with E-state index >= 15 is 0 Å². The van der Waals surface area contributed by atoms with Crippen LogP contribution in [0.1, 0.15) is 30.9 Å². The molecule has 3 N–H and O–H groups in total. The second-order valence-electron chi connectivity index (χ2n) is 4.78. The van der Waals surface area contributed by atoms with Gasteiger partial charge in [-0.25, -0.2) is 18.7 Å². The zero-order chi connectivity index (χ0) is 14.7. The fourth-order valence-corrected chi connectivity index (χ4v) is 1.95. The van der Waals surface area contributed by atoms with E-state index in [0.717, 1.165) is 17.7 Å². The lowest BCUT2D eigenvalue weighted by atomic mass is 10.0. The fraction of sp³-hybridized carbons (Fsp3) is 0.286. The second-order valence-corrected chi connectivity index (χ2v) is 4.78. The first-order chi connectivity index (χ1) is 9.49. The number of anilines is 2. The highest BCUT2D eigenvalue weighted by Crippen LogP contribution is 2.26. The quantitative estimate of drug-likeness (QED) is 0.902. The number of hydrogen-bond donors (Lipinski definition) is 2. The van der Waals surface area contributed by atoms with Gasteiger partial charge in [-0.1, -0.05) is 19.9 Å². The molecular weight excluding hydrogens is 262 g/mol. The van der Waals surface area contributed by atoms with Gasteiger partial charge in [0.05, 0.1) is 0 Å². The van der Waals surface area contributed by atoms with Crippen molar-refractivity contribution < 1.29 is 8.78 Å². The van der Waals surface area contributed by atoms with Crippen molar-refractivity contribution in [3.8, 4) is 0 Å². The molecule has 2 rings (SSSR count). The predicted molar refractivity (Wildman–Crippen MR) is 74.2 cm³/mol. The standard InChI is InChI=1S/C14H16F2N4/c1-8(2)12-13(17)19-7-20-14(12)18-6-9-3-4-10(15)11(16)5-9/h3-5,7-8H,6H2,1-2H3,(H3,17,18,19,20). The van der Waals surface area contributed by atoms with E-state index < -0.39 is 11.6 Å². The molecule has 1 heterocycles. The molecule has 0 radical (unpaired) electrons. The maximum absolute atomic E-state index is 13.1. The van der Waals surface area contributed by atoms with E-state index in [-0.39, 0.29) is 5.92 Å². The number of hydrogen-bond acceptors (Lipinski definition) is 4. The van der Waals surface area contributed by atoms with E-state index in [4.69, 9.17) is 5.73 Å². The van der Waals surface area contributed by atoms with E-state index in [1.54, 1.807) is 0 Å². The van der Waals surface area contributed by atoms with Crippen molar-refractivity contribution in [2.75, 3.05) is 11.1 Å². The summed E-state index contributed by atoms with van der Waals surface area (Å²) in [6.45, 7) is 4.29. The Morgan fingerprint density at radius 2 is 1.95 bits per heavy atom. The van der Waals surface area contributed by atoms with Gasteiger partial charge in [-0.05, 0) is 23.6 Å². The molecule has 2 aromatic rings. The van der Waals surface area contributed by atoms with Gasteiger partial charge >= 0.3 is 0 Å².